The first-order valence-corrected chi connectivity index (χ1v) is 7.63. The number of aryl methyl sites for hydroxylation is 1. The first-order chi connectivity index (χ1) is 11.7. The van der Waals surface area contributed by atoms with Crippen LogP contribution in [-0.2, 0) is 11.3 Å². The number of nitrogens with one attached hydrogen (secondary N) is 1. The molecule has 1 amide bonds. The third kappa shape index (κ3) is 5.65. The average molecular weight is 324 g/mol. The quantitative estimate of drug-likeness (QED) is 0.678. The number of carbonyl (C=O) groups excluding carboxylic acids is 1. The second kappa shape index (κ2) is 9.21. The molecular formula is C19H20N2O3. The van der Waals surface area contributed by atoms with Gasteiger partial charge in [0.1, 0.15) is 6.61 Å². The monoisotopic (exact) mass is 324 g/mol. The van der Waals surface area contributed by atoms with Crippen molar-refractivity contribution in [2.24, 2.45) is 0 Å². The second-order valence-corrected chi connectivity index (χ2v) is 5.08. The molecule has 0 atom stereocenters. The number of alkyl carbamates (subject to hydrolysis) is 1. The fraction of sp³-hybridized carbons (Fsp3) is 0.263. The van der Waals surface area contributed by atoms with E-state index in [1.807, 2.05) is 43.3 Å². The van der Waals surface area contributed by atoms with E-state index in [9.17, 15) is 4.79 Å². The first kappa shape index (κ1) is 17.4. The highest BCUT2D eigenvalue weighted by Crippen LogP contribution is 2.11. The Morgan fingerprint density at radius 3 is 2.79 bits per heavy atom. The third-order valence-corrected chi connectivity index (χ3v) is 3.25. The molecule has 1 N–H and O–H groups in total. The van der Waals surface area contributed by atoms with Gasteiger partial charge in [-0.15, -0.1) is 0 Å². The van der Waals surface area contributed by atoms with E-state index in [1.165, 1.54) is 0 Å². The van der Waals surface area contributed by atoms with E-state index in [2.05, 4.69) is 22.1 Å². The van der Waals surface area contributed by atoms with Crippen LogP contribution in [0.3, 0.4) is 0 Å². The molecule has 0 unspecified atom stereocenters. The van der Waals surface area contributed by atoms with Gasteiger partial charge in [-0.1, -0.05) is 42.2 Å². The summed E-state index contributed by atoms with van der Waals surface area (Å²) in [5.41, 5.74) is 2.81. The van der Waals surface area contributed by atoms with Gasteiger partial charge in [-0.25, -0.2) is 9.78 Å². The first-order valence-electron chi connectivity index (χ1n) is 7.63. The Labute approximate surface area is 142 Å². The van der Waals surface area contributed by atoms with E-state index in [0.29, 0.717) is 18.8 Å². The lowest BCUT2D eigenvalue weighted by atomic mass is 10.1. The number of ether oxygens (including phenoxy) is 2. The van der Waals surface area contributed by atoms with Gasteiger partial charge in [0.2, 0.25) is 5.88 Å². The lowest BCUT2D eigenvalue weighted by Crippen LogP contribution is -2.24. The molecule has 0 radical (unpaired) electrons. The summed E-state index contributed by atoms with van der Waals surface area (Å²) in [6, 6.07) is 11.4. The normalized spacial score (nSPS) is 9.58. The number of aromatic nitrogens is 1. The molecular weight excluding hydrogens is 304 g/mol. The van der Waals surface area contributed by atoms with E-state index in [1.54, 1.807) is 13.3 Å². The Morgan fingerprint density at radius 2 is 2.08 bits per heavy atom. The summed E-state index contributed by atoms with van der Waals surface area (Å²) in [6.45, 7) is 2.64. The number of hydrogen-bond acceptors (Lipinski definition) is 4. The Hall–Kier alpha value is -3.00. The zero-order valence-corrected chi connectivity index (χ0v) is 13.8. The molecule has 0 saturated carbocycles. The fourth-order valence-corrected chi connectivity index (χ4v) is 1.93. The molecule has 0 aliphatic rings. The lowest BCUT2D eigenvalue weighted by molar-refractivity contribution is 0.140. The molecule has 0 bridgehead atoms. The highest BCUT2D eigenvalue weighted by Gasteiger charge is 2.01. The van der Waals surface area contributed by atoms with Crippen LogP contribution in [0.1, 0.15) is 23.1 Å². The van der Waals surface area contributed by atoms with Crippen LogP contribution in [0.2, 0.25) is 0 Å². The van der Waals surface area contributed by atoms with Crippen LogP contribution in [0.25, 0.3) is 0 Å². The fourth-order valence-electron chi connectivity index (χ4n) is 1.93. The maximum atomic E-state index is 11.6. The van der Waals surface area contributed by atoms with Crippen molar-refractivity contribution in [1.82, 2.24) is 10.3 Å². The zero-order valence-electron chi connectivity index (χ0n) is 13.8. The molecule has 0 aliphatic heterocycles. The second-order valence-electron chi connectivity index (χ2n) is 5.08. The Morgan fingerprint density at radius 1 is 1.29 bits per heavy atom. The van der Waals surface area contributed by atoms with Crippen LogP contribution >= 0.6 is 0 Å². The summed E-state index contributed by atoms with van der Waals surface area (Å²) in [6.07, 6.45) is 1.78. The molecule has 24 heavy (non-hydrogen) atoms. The number of hydrogen-bond donors (Lipinski definition) is 1. The molecule has 1 heterocycles. The highest BCUT2D eigenvalue weighted by atomic mass is 16.5. The number of methoxy groups -OCH3 is 1. The van der Waals surface area contributed by atoms with Gasteiger partial charge in [0.05, 0.1) is 7.11 Å². The zero-order chi connectivity index (χ0) is 17.2. The molecule has 5 heteroatoms. The summed E-state index contributed by atoms with van der Waals surface area (Å²) >= 11 is 0. The molecule has 124 valence electrons. The number of carbonyl (C=O) groups is 1. The molecule has 1 aromatic carbocycles. The van der Waals surface area contributed by atoms with E-state index in [-0.39, 0.29) is 6.61 Å². The van der Waals surface area contributed by atoms with Gasteiger partial charge in [0.15, 0.2) is 0 Å². The number of pyridine rings is 1. The van der Waals surface area contributed by atoms with Crippen LogP contribution in [0.4, 0.5) is 4.79 Å². The molecule has 0 aliphatic carbocycles. The van der Waals surface area contributed by atoms with Gasteiger partial charge in [-0.3, -0.25) is 0 Å². The molecule has 0 spiro atoms. The minimum atomic E-state index is -0.442. The summed E-state index contributed by atoms with van der Waals surface area (Å²) in [7, 11) is 1.58. The van der Waals surface area contributed by atoms with Gasteiger partial charge in [0.25, 0.3) is 0 Å². The van der Waals surface area contributed by atoms with Crippen LogP contribution < -0.4 is 10.1 Å². The van der Waals surface area contributed by atoms with Gasteiger partial charge in [-0.2, -0.15) is 0 Å². The van der Waals surface area contributed by atoms with Crippen molar-refractivity contribution in [3.8, 4) is 17.7 Å². The Kier molecular flexibility index (Phi) is 6.66. The van der Waals surface area contributed by atoms with E-state index in [0.717, 1.165) is 16.7 Å². The summed E-state index contributed by atoms with van der Waals surface area (Å²) < 4.78 is 10.2. The van der Waals surface area contributed by atoms with Gasteiger partial charge >= 0.3 is 6.09 Å². The number of benzene rings is 1. The standard InChI is InChI=1S/C19H20N2O3/c1-15-12-18(23-2)21-13-17(15)10-6-7-11-20-19(22)24-14-16-8-4-3-5-9-16/h3-5,8-9,12-13H,7,11,14H2,1-2H3,(H,20,22). The van der Waals surface area contributed by atoms with Crippen LogP contribution in [0.5, 0.6) is 5.88 Å². The van der Waals surface area contributed by atoms with Crippen molar-refractivity contribution in [3.63, 3.8) is 0 Å². The topological polar surface area (TPSA) is 60.5 Å². The third-order valence-electron chi connectivity index (χ3n) is 3.25. The maximum absolute atomic E-state index is 11.6. The van der Waals surface area contributed by atoms with Gasteiger partial charge in [-0.05, 0) is 18.1 Å². The van der Waals surface area contributed by atoms with Crippen LogP contribution in [0, 0.1) is 18.8 Å². The summed E-state index contributed by atoms with van der Waals surface area (Å²) in [4.78, 5) is 15.7. The minimum Gasteiger partial charge on any atom is -0.481 e. The molecule has 1 aromatic heterocycles. The largest absolute Gasteiger partial charge is 0.481 e. The van der Waals surface area contributed by atoms with Crippen molar-refractivity contribution < 1.29 is 14.3 Å². The number of rotatable bonds is 5. The van der Waals surface area contributed by atoms with Crippen molar-refractivity contribution >= 4 is 6.09 Å². The predicted octanol–water partition coefficient (Wildman–Crippen LogP) is 3.07. The maximum Gasteiger partial charge on any atom is 0.407 e. The SMILES string of the molecule is COc1cc(C)c(C#CCCNC(=O)OCc2ccccc2)cn1. The Balaban J connectivity index is 1.70. The highest BCUT2D eigenvalue weighted by molar-refractivity contribution is 5.67. The smallest absolute Gasteiger partial charge is 0.407 e. The van der Waals surface area contributed by atoms with Crippen molar-refractivity contribution in [3.05, 3.63) is 59.3 Å². The van der Waals surface area contributed by atoms with E-state index in [4.69, 9.17) is 9.47 Å². The molecule has 2 rings (SSSR count). The van der Waals surface area contributed by atoms with E-state index < -0.39 is 6.09 Å². The van der Waals surface area contributed by atoms with Gasteiger partial charge < -0.3 is 14.8 Å². The van der Waals surface area contributed by atoms with Gasteiger partial charge in [0, 0.05) is 30.8 Å². The minimum absolute atomic E-state index is 0.259. The molecule has 0 fully saturated rings. The van der Waals surface area contributed by atoms with Crippen LogP contribution in [-0.4, -0.2) is 24.7 Å². The molecule has 0 saturated heterocycles. The van der Waals surface area contributed by atoms with Crippen molar-refractivity contribution in [1.29, 1.82) is 0 Å². The lowest BCUT2D eigenvalue weighted by Gasteiger charge is -2.05. The average Bonchev–Trinajstić information content (AvgIpc) is 2.61. The summed E-state index contributed by atoms with van der Waals surface area (Å²) in [5.74, 6) is 6.61. The predicted molar refractivity (Wildman–Crippen MR) is 91.7 cm³/mol. The number of nitrogens with zero attached hydrogens (tertiary/aromatic N) is 1. The van der Waals surface area contributed by atoms with Crippen LogP contribution in [0.15, 0.2) is 42.6 Å². The molecule has 2 aromatic rings. The number of amides is 1. The van der Waals surface area contributed by atoms with Crippen molar-refractivity contribution in [2.75, 3.05) is 13.7 Å². The summed E-state index contributed by atoms with van der Waals surface area (Å²) in [5, 5.41) is 2.67. The molecule has 5 nitrogen and oxygen atoms in total. The Bertz CT molecular complexity index is 733. The van der Waals surface area contributed by atoms with Crippen molar-refractivity contribution in [2.45, 2.75) is 20.0 Å². The van der Waals surface area contributed by atoms with E-state index >= 15 is 0 Å².